The van der Waals surface area contributed by atoms with Crippen molar-refractivity contribution < 1.29 is 4.79 Å². The van der Waals surface area contributed by atoms with Crippen molar-refractivity contribution >= 4 is 17.4 Å². The zero-order chi connectivity index (χ0) is 11.5. The second-order valence-electron chi connectivity index (χ2n) is 3.86. The summed E-state index contributed by atoms with van der Waals surface area (Å²) in [6.07, 6.45) is 1.65. The van der Waals surface area contributed by atoms with Crippen LogP contribution in [0.5, 0.6) is 0 Å². The number of amides is 1. The lowest BCUT2D eigenvalue weighted by Crippen LogP contribution is -2.50. The minimum absolute atomic E-state index is 0.125. The molecule has 5 heteroatoms. The van der Waals surface area contributed by atoms with Crippen LogP contribution in [0.1, 0.15) is 6.92 Å². The topological polar surface area (TPSA) is 62.5 Å². The molecule has 1 aromatic rings. The molecule has 1 aromatic heterocycles. The van der Waals surface area contributed by atoms with Crippen molar-refractivity contribution in [1.29, 1.82) is 0 Å². The van der Waals surface area contributed by atoms with Gasteiger partial charge in [0, 0.05) is 13.1 Å². The van der Waals surface area contributed by atoms with E-state index in [-0.39, 0.29) is 5.91 Å². The van der Waals surface area contributed by atoms with Gasteiger partial charge in [-0.25, -0.2) is 4.98 Å². The number of anilines is 2. The fourth-order valence-corrected chi connectivity index (χ4v) is 1.82. The molecule has 1 saturated heterocycles. The van der Waals surface area contributed by atoms with Crippen LogP contribution in [-0.2, 0) is 4.79 Å². The Labute approximate surface area is 94.9 Å². The number of rotatable bonds is 2. The molecule has 0 aliphatic carbocycles. The summed E-state index contributed by atoms with van der Waals surface area (Å²) in [6.45, 7) is 5.10. The van der Waals surface area contributed by atoms with Crippen molar-refractivity contribution in [3.05, 3.63) is 18.3 Å². The minimum atomic E-state index is 0.125. The lowest BCUT2D eigenvalue weighted by atomic mass is 10.2. The van der Waals surface area contributed by atoms with E-state index >= 15 is 0 Å². The number of nitrogen functional groups attached to an aromatic ring is 1. The van der Waals surface area contributed by atoms with E-state index < -0.39 is 0 Å². The van der Waals surface area contributed by atoms with Gasteiger partial charge in [-0.3, -0.25) is 9.69 Å². The Kier molecular flexibility index (Phi) is 3.05. The monoisotopic (exact) mass is 220 g/mol. The average Bonchev–Trinajstić information content (AvgIpc) is 2.30. The number of likely N-dealkylation sites (N-methyl/N-ethyl adjacent to an activating group) is 1. The van der Waals surface area contributed by atoms with Crippen LogP contribution in [0.25, 0.3) is 0 Å². The smallest absolute Gasteiger partial charge is 0.241 e. The molecule has 86 valence electrons. The van der Waals surface area contributed by atoms with Crippen molar-refractivity contribution in [2.24, 2.45) is 0 Å². The third-order valence-corrected chi connectivity index (χ3v) is 2.83. The van der Waals surface area contributed by atoms with Crippen molar-refractivity contribution in [2.45, 2.75) is 6.92 Å². The maximum absolute atomic E-state index is 11.9. The van der Waals surface area contributed by atoms with Crippen LogP contribution in [-0.4, -0.2) is 42.0 Å². The summed E-state index contributed by atoms with van der Waals surface area (Å²) in [5.41, 5.74) is 6.34. The summed E-state index contributed by atoms with van der Waals surface area (Å²) in [5, 5.41) is 0. The molecule has 1 fully saturated rings. The lowest BCUT2D eigenvalue weighted by molar-refractivity contribution is -0.121. The van der Waals surface area contributed by atoms with Gasteiger partial charge in [0.25, 0.3) is 0 Å². The van der Waals surface area contributed by atoms with Crippen LogP contribution < -0.4 is 10.6 Å². The van der Waals surface area contributed by atoms with Gasteiger partial charge in [-0.15, -0.1) is 0 Å². The predicted molar refractivity (Wildman–Crippen MR) is 63.1 cm³/mol. The number of pyridine rings is 1. The number of nitrogens with two attached hydrogens (primary N) is 1. The normalized spacial score (nSPS) is 17.8. The van der Waals surface area contributed by atoms with Gasteiger partial charge in [-0.1, -0.05) is 6.92 Å². The Morgan fingerprint density at radius 1 is 1.44 bits per heavy atom. The maximum atomic E-state index is 11.9. The molecule has 0 aromatic carbocycles. The van der Waals surface area contributed by atoms with E-state index in [1.807, 2.05) is 6.07 Å². The third-order valence-electron chi connectivity index (χ3n) is 2.83. The molecule has 16 heavy (non-hydrogen) atoms. The van der Waals surface area contributed by atoms with Crippen LogP contribution in [0, 0.1) is 0 Å². The van der Waals surface area contributed by atoms with Crippen LogP contribution >= 0.6 is 0 Å². The van der Waals surface area contributed by atoms with Crippen molar-refractivity contribution in [1.82, 2.24) is 9.88 Å². The molecule has 2 heterocycles. The Balaban J connectivity index is 2.11. The standard InChI is InChI=1S/C11H16N4O/c1-2-14-5-6-15(11(16)8-14)9-3-4-10(12)13-7-9/h3-4,7H,2,5-6,8H2,1H3,(H2,12,13). The maximum Gasteiger partial charge on any atom is 0.241 e. The van der Waals surface area contributed by atoms with Gasteiger partial charge in [-0.2, -0.15) is 0 Å². The highest BCUT2D eigenvalue weighted by Gasteiger charge is 2.23. The zero-order valence-electron chi connectivity index (χ0n) is 9.39. The van der Waals surface area contributed by atoms with Crippen molar-refractivity contribution in [2.75, 3.05) is 36.8 Å². The van der Waals surface area contributed by atoms with E-state index in [1.165, 1.54) is 0 Å². The molecule has 2 rings (SSSR count). The molecule has 0 spiro atoms. The fraction of sp³-hybridized carbons (Fsp3) is 0.455. The summed E-state index contributed by atoms with van der Waals surface area (Å²) in [5.74, 6) is 0.600. The van der Waals surface area contributed by atoms with E-state index in [1.54, 1.807) is 17.2 Å². The highest BCUT2D eigenvalue weighted by Crippen LogP contribution is 2.16. The Bertz CT molecular complexity index is 376. The number of nitrogens with zero attached hydrogens (tertiary/aromatic N) is 3. The van der Waals surface area contributed by atoms with E-state index in [0.717, 1.165) is 25.3 Å². The minimum Gasteiger partial charge on any atom is -0.384 e. The van der Waals surface area contributed by atoms with E-state index in [4.69, 9.17) is 5.73 Å². The molecular formula is C11H16N4O. The molecular weight excluding hydrogens is 204 g/mol. The first kappa shape index (κ1) is 10.9. The Morgan fingerprint density at radius 3 is 2.81 bits per heavy atom. The fourth-order valence-electron chi connectivity index (χ4n) is 1.82. The summed E-state index contributed by atoms with van der Waals surface area (Å²) >= 11 is 0. The SMILES string of the molecule is CCN1CCN(c2ccc(N)nc2)C(=O)C1. The average molecular weight is 220 g/mol. The highest BCUT2D eigenvalue weighted by molar-refractivity contribution is 5.95. The quantitative estimate of drug-likeness (QED) is 0.780. The number of hydrogen-bond donors (Lipinski definition) is 1. The second kappa shape index (κ2) is 4.49. The highest BCUT2D eigenvalue weighted by atomic mass is 16.2. The Morgan fingerprint density at radius 2 is 2.25 bits per heavy atom. The number of hydrogen-bond acceptors (Lipinski definition) is 4. The third kappa shape index (κ3) is 2.14. The molecule has 1 aliphatic rings. The predicted octanol–water partition coefficient (Wildman–Crippen LogP) is 0.332. The van der Waals surface area contributed by atoms with E-state index in [0.29, 0.717) is 12.4 Å². The first-order chi connectivity index (χ1) is 7.70. The zero-order valence-corrected chi connectivity index (χ0v) is 9.39. The Hall–Kier alpha value is -1.62. The van der Waals surface area contributed by atoms with E-state index in [2.05, 4.69) is 16.8 Å². The molecule has 2 N–H and O–H groups in total. The molecule has 1 aliphatic heterocycles. The first-order valence-corrected chi connectivity index (χ1v) is 5.45. The first-order valence-electron chi connectivity index (χ1n) is 5.45. The van der Waals surface area contributed by atoms with Gasteiger partial charge in [-0.05, 0) is 18.7 Å². The summed E-state index contributed by atoms with van der Waals surface area (Å²) in [7, 11) is 0. The summed E-state index contributed by atoms with van der Waals surface area (Å²) in [4.78, 5) is 19.8. The van der Waals surface area contributed by atoms with Crippen LogP contribution in [0.15, 0.2) is 18.3 Å². The van der Waals surface area contributed by atoms with Gasteiger partial charge >= 0.3 is 0 Å². The molecule has 0 radical (unpaired) electrons. The molecule has 5 nitrogen and oxygen atoms in total. The van der Waals surface area contributed by atoms with Gasteiger partial charge in [0.15, 0.2) is 0 Å². The number of carbonyl (C=O) groups excluding carboxylic acids is 1. The van der Waals surface area contributed by atoms with Crippen LogP contribution in [0.2, 0.25) is 0 Å². The van der Waals surface area contributed by atoms with Crippen molar-refractivity contribution in [3.63, 3.8) is 0 Å². The largest absolute Gasteiger partial charge is 0.384 e. The summed E-state index contributed by atoms with van der Waals surface area (Å²) in [6, 6.07) is 3.55. The molecule has 1 amide bonds. The van der Waals surface area contributed by atoms with Crippen LogP contribution in [0.4, 0.5) is 11.5 Å². The second-order valence-corrected chi connectivity index (χ2v) is 3.86. The van der Waals surface area contributed by atoms with Gasteiger partial charge in [0.2, 0.25) is 5.91 Å². The molecule has 0 atom stereocenters. The molecule has 0 bridgehead atoms. The van der Waals surface area contributed by atoms with Gasteiger partial charge < -0.3 is 10.6 Å². The number of aromatic nitrogens is 1. The number of piperazine rings is 1. The number of carbonyl (C=O) groups is 1. The van der Waals surface area contributed by atoms with Crippen LogP contribution in [0.3, 0.4) is 0 Å². The molecule has 0 saturated carbocycles. The van der Waals surface area contributed by atoms with Gasteiger partial charge in [0.1, 0.15) is 5.82 Å². The lowest BCUT2D eigenvalue weighted by Gasteiger charge is -2.33. The van der Waals surface area contributed by atoms with Gasteiger partial charge in [0.05, 0.1) is 18.4 Å². The van der Waals surface area contributed by atoms with Crippen molar-refractivity contribution in [3.8, 4) is 0 Å². The summed E-state index contributed by atoms with van der Waals surface area (Å²) < 4.78 is 0. The molecule has 0 unspecified atom stereocenters. The van der Waals surface area contributed by atoms with E-state index in [9.17, 15) is 4.79 Å².